The van der Waals surface area contributed by atoms with Crippen molar-refractivity contribution in [3.05, 3.63) is 229 Å². The van der Waals surface area contributed by atoms with Gasteiger partial charge >= 0.3 is 0 Å². The Morgan fingerprint density at radius 2 is 0.850 bits per heavy atom. The third-order valence-electron chi connectivity index (χ3n) is 12.0. The molecule has 0 fully saturated rings. The average Bonchev–Trinajstić information content (AvgIpc) is 3.62. The number of hydrogen-bond donors (Lipinski definition) is 0. The molecule has 0 radical (unpaired) electrons. The molecule has 8 aromatic carbocycles. The van der Waals surface area contributed by atoms with Gasteiger partial charge in [-0.3, -0.25) is 4.98 Å². The largest absolute Gasteiger partial charge is 0.256 e. The summed E-state index contributed by atoms with van der Waals surface area (Å²) in [5, 5.41) is 2.33. The van der Waals surface area contributed by atoms with Crippen LogP contribution in [0.5, 0.6) is 0 Å². The zero-order valence-electron chi connectivity index (χ0n) is 32.3. The molecule has 60 heavy (non-hydrogen) atoms. The highest BCUT2D eigenvalue weighted by molar-refractivity contribution is 7.99. The van der Waals surface area contributed by atoms with Crippen molar-refractivity contribution in [3.8, 4) is 67.7 Å². The van der Waals surface area contributed by atoms with Crippen LogP contribution >= 0.6 is 11.8 Å². The standard InChI is InChI=1S/C55H34N4S/c1-3-15-36(16-4-1)52-57-53(37-17-5-2-6-18-37)59-54(58-52)41-27-29-50-48(34-41)55(45-24-11-9-22-43(45)44-23-10-12-25-46(44)55)47-33-39(26-28-49(47)60-50)38-19-13-20-40(32-38)51-42-21-8-7-14-35(42)30-31-56-51/h1-34H. The van der Waals surface area contributed by atoms with Crippen molar-refractivity contribution in [3.63, 3.8) is 0 Å². The van der Waals surface area contributed by atoms with Crippen LogP contribution in [0.2, 0.25) is 0 Å². The summed E-state index contributed by atoms with van der Waals surface area (Å²) < 4.78 is 0. The first kappa shape index (κ1) is 34.6. The van der Waals surface area contributed by atoms with E-state index in [0.717, 1.165) is 44.5 Å². The van der Waals surface area contributed by atoms with E-state index in [9.17, 15) is 0 Å². The van der Waals surface area contributed by atoms with Crippen molar-refractivity contribution >= 4 is 22.5 Å². The van der Waals surface area contributed by atoms with E-state index in [0.29, 0.717) is 17.5 Å². The van der Waals surface area contributed by atoms with Crippen LogP contribution in [0, 0.1) is 0 Å². The van der Waals surface area contributed by atoms with Crippen molar-refractivity contribution in [2.24, 2.45) is 0 Å². The first-order valence-corrected chi connectivity index (χ1v) is 21.0. The molecule has 1 spiro atoms. The van der Waals surface area contributed by atoms with Crippen molar-refractivity contribution in [2.75, 3.05) is 0 Å². The molecule has 0 amide bonds. The number of benzene rings is 8. The summed E-state index contributed by atoms with van der Waals surface area (Å²) >= 11 is 1.84. The molecule has 12 rings (SSSR count). The van der Waals surface area contributed by atoms with Gasteiger partial charge in [0, 0.05) is 43.6 Å². The van der Waals surface area contributed by atoms with Gasteiger partial charge < -0.3 is 0 Å². The molecule has 3 heterocycles. The minimum atomic E-state index is -0.596. The molecule has 5 heteroatoms. The van der Waals surface area contributed by atoms with Crippen LogP contribution < -0.4 is 0 Å². The van der Waals surface area contributed by atoms with Gasteiger partial charge in [0.05, 0.1) is 11.1 Å². The Kier molecular flexibility index (Phi) is 7.97. The van der Waals surface area contributed by atoms with Gasteiger partial charge in [0.1, 0.15) is 0 Å². The van der Waals surface area contributed by atoms with Crippen LogP contribution in [0.3, 0.4) is 0 Å². The fourth-order valence-corrected chi connectivity index (χ4v) is 10.5. The van der Waals surface area contributed by atoms with Gasteiger partial charge in [0.15, 0.2) is 17.5 Å². The lowest BCUT2D eigenvalue weighted by Crippen LogP contribution is -2.32. The highest BCUT2D eigenvalue weighted by Crippen LogP contribution is 2.62. The third kappa shape index (κ3) is 5.40. The van der Waals surface area contributed by atoms with Gasteiger partial charge in [-0.1, -0.05) is 176 Å². The van der Waals surface area contributed by atoms with Gasteiger partial charge in [-0.25, -0.2) is 15.0 Å². The van der Waals surface area contributed by atoms with E-state index >= 15 is 0 Å². The number of hydrogen-bond acceptors (Lipinski definition) is 5. The van der Waals surface area contributed by atoms with Gasteiger partial charge in [-0.15, -0.1) is 0 Å². The van der Waals surface area contributed by atoms with Crippen LogP contribution in [-0.2, 0) is 5.41 Å². The molecule has 0 saturated heterocycles. The topological polar surface area (TPSA) is 51.6 Å². The van der Waals surface area contributed by atoms with Crippen molar-refractivity contribution < 1.29 is 0 Å². The molecule has 1 aliphatic heterocycles. The van der Waals surface area contributed by atoms with Crippen LogP contribution in [0.25, 0.3) is 78.4 Å². The summed E-state index contributed by atoms with van der Waals surface area (Å²) in [6, 6.07) is 71.5. The Morgan fingerprint density at radius 3 is 1.52 bits per heavy atom. The zero-order valence-corrected chi connectivity index (χ0v) is 33.1. The number of aromatic nitrogens is 4. The Hall–Kier alpha value is -7.47. The number of fused-ring (bicyclic) bond motifs is 10. The molecular weight excluding hydrogens is 749 g/mol. The number of nitrogens with zero attached hydrogens (tertiary/aromatic N) is 4. The molecule has 0 saturated carbocycles. The molecule has 2 aromatic heterocycles. The predicted molar refractivity (Wildman–Crippen MR) is 244 cm³/mol. The molecule has 0 unspecified atom stereocenters. The maximum atomic E-state index is 5.17. The minimum Gasteiger partial charge on any atom is -0.256 e. The van der Waals surface area contributed by atoms with Gasteiger partial charge in [-0.2, -0.15) is 0 Å². The van der Waals surface area contributed by atoms with E-state index in [1.807, 2.05) is 54.4 Å². The van der Waals surface area contributed by atoms with E-state index in [2.05, 4.69) is 164 Å². The molecule has 0 bridgehead atoms. The molecule has 2 aliphatic rings. The van der Waals surface area contributed by atoms with E-state index in [1.54, 1.807) is 0 Å². The monoisotopic (exact) mass is 782 g/mol. The first-order valence-electron chi connectivity index (χ1n) is 20.2. The second-order valence-corrected chi connectivity index (χ2v) is 16.4. The zero-order chi connectivity index (χ0) is 39.6. The summed E-state index contributed by atoms with van der Waals surface area (Å²) in [6.07, 6.45) is 1.91. The Balaban J connectivity index is 1.08. The third-order valence-corrected chi connectivity index (χ3v) is 13.2. The van der Waals surface area contributed by atoms with Crippen LogP contribution in [0.15, 0.2) is 216 Å². The number of rotatable bonds is 5. The fourth-order valence-electron chi connectivity index (χ4n) is 9.36. The summed E-state index contributed by atoms with van der Waals surface area (Å²) in [6.45, 7) is 0. The molecule has 0 N–H and O–H groups in total. The second-order valence-electron chi connectivity index (χ2n) is 15.4. The maximum absolute atomic E-state index is 5.17. The summed E-state index contributed by atoms with van der Waals surface area (Å²) in [5.41, 5.74) is 14.2. The molecule has 1 aliphatic carbocycles. The quantitative estimate of drug-likeness (QED) is 0.174. The fraction of sp³-hybridized carbons (Fsp3) is 0.0182. The number of pyridine rings is 1. The average molecular weight is 783 g/mol. The van der Waals surface area contributed by atoms with Crippen molar-refractivity contribution in [1.29, 1.82) is 0 Å². The second kappa shape index (κ2) is 13.8. The molecule has 10 aromatic rings. The summed E-state index contributed by atoms with van der Waals surface area (Å²) in [7, 11) is 0. The molecule has 280 valence electrons. The van der Waals surface area contributed by atoms with E-state index in [4.69, 9.17) is 19.9 Å². The van der Waals surface area contributed by atoms with E-state index in [-0.39, 0.29) is 0 Å². The maximum Gasteiger partial charge on any atom is 0.164 e. The molecule has 4 nitrogen and oxygen atoms in total. The van der Waals surface area contributed by atoms with Gasteiger partial charge in [-0.05, 0) is 86.3 Å². The van der Waals surface area contributed by atoms with E-state index in [1.165, 1.54) is 48.6 Å². The normalized spacial score (nSPS) is 13.1. The van der Waals surface area contributed by atoms with Gasteiger partial charge in [0.25, 0.3) is 0 Å². The lowest BCUT2D eigenvalue weighted by Gasteiger charge is -2.40. The van der Waals surface area contributed by atoms with Crippen LogP contribution in [0.4, 0.5) is 0 Å². The summed E-state index contributed by atoms with van der Waals surface area (Å²) in [5.74, 6) is 1.94. The Bertz CT molecular complexity index is 3200. The Labute approximate surface area is 352 Å². The predicted octanol–water partition coefficient (Wildman–Crippen LogP) is 13.6. The van der Waals surface area contributed by atoms with Crippen molar-refractivity contribution in [2.45, 2.75) is 15.2 Å². The van der Waals surface area contributed by atoms with Gasteiger partial charge in [0.2, 0.25) is 0 Å². The van der Waals surface area contributed by atoms with Crippen molar-refractivity contribution in [1.82, 2.24) is 19.9 Å². The smallest absolute Gasteiger partial charge is 0.164 e. The molecule has 0 atom stereocenters. The molecular formula is C55H34N4S. The lowest BCUT2D eigenvalue weighted by atomic mass is 9.66. The van der Waals surface area contributed by atoms with Crippen LogP contribution in [-0.4, -0.2) is 19.9 Å². The SMILES string of the molecule is c1ccc(-c2nc(-c3ccccc3)nc(-c3ccc4c(c3)C3(c5cc(-c6cccc(-c7nccc8ccccc78)c6)ccc5S4)c4ccccc4-c4ccccc43)n2)cc1. The lowest BCUT2D eigenvalue weighted by molar-refractivity contribution is 0.723. The summed E-state index contributed by atoms with van der Waals surface area (Å²) in [4.78, 5) is 22.7. The first-order chi connectivity index (χ1) is 29.7. The minimum absolute atomic E-state index is 0.596. The highest BCUT2D eigenvalue weighted by Gasteiger charge is 2.50. The van der Waals surface area contributed by atoms with Crippen LogP contribution in [0.1, 0.15) is 22.3 Å². The van der Waals surface area contributed by atoms with E-state index < -0.39 is 5.41 Å². The highest BCUT2D eigenvalue weighted by atomic mass is 32.2. The Morgan fingerprint density at radius 1 is 0.350 bits per heavy atom.